The van der Waals surface area contributed by atoms with Gasteiger partial charge in [0.15, 0.2) is 37.0 Å². The maximum atomic E-state index is 13.2. The monoisotopic (exact) mass is 811 g/mol. The third-order valence-corrected chi connectivity index (χ3v) is 9.30. The van der Waals surface area contributed by atoms with Crippen molar-refractivity contribution in [2.45, 2.75) is 128 Å². The number of hydrogen-bond acceptors (Lipinski definition) is 16. The summed E-state index contributed by atoms with van der Waals surface area (Å²) in [6.45, 7) is 6.82. The van der Waals surface area contributed by atoms with E-state index < -0.39 is 112 Å². The summed E-state index contributed by atoms with van der Waals surface area (Å²) in [6, 6.07) is -1.64. The number of aliphatic hydroxyl groups excluding tert-OH is 4. The van der Waals surface area contributed by atoms with Gasteiger partial charge in [-0.3, -0.25) is 18.6 Å². The molecule has 22 heteroatoms. The molecule has 0 spiro atoms. The second-order valence-electron chi connectivity index (χ2n) is 13.2. The number of hydrogen-bond donors (Lipinski definition) is 9. The van der Waals surface area contributed by atoms with Crippen molar-refractivity contribution >= 4 is 31.7 Å². The van der Waals surface area contributed by atoms with Gasteiger partial charge in [0.1, 0.15) is 30.5 Å². The van der Waals surface area contributed by atoms with Crippen LogP contribution in [-0.4, -0.2) is 142 Å². The molecule has 0 aromatic carbocycles. The van der Waals surface area contributed by atoms with Gasteiger partial charge < -0.3 is 70.9 Å². The summed E-state index contributed by atoms with van der Waals surface area (Å²) in [5, 5.41) is 53.5. The zero-order chi connectivity index (χ0) is 41.6. The van der Waals surface area contributed by atoms with Crippen LogP contribution in [0.3, 0.4) is 0 Å². The van der Waals surface area contributed by atoms with E-state index in [1.165, 1.54) is 11.1 Å². The van der Waals surface area contributed by atoms with E-state index in [1.54, 1.807) is 6.08 Å². The van der Waals surface area contributed by atoms with Crippen molar-refractivity contribution in [3.05, 3.63) is 34.9 Å². The van der Waals surface area contributed by atoms with Crippen LogP contribution in [0.25, 0.3) is 0 Å². The average molecular weight is 812 g/mol. The third kappa shape index (κ3) is 15.6. The number of ether oxygens (including phenoxy) is 5. The van der Waals surface area contributed by atoms with Crippen molar-refractivity contribution in [2.75, 3.05) is 19.8 Å². The lowest BCUT2D eigenvalue weighted by molar-refractivity contribution is -0.339. The molecule has 2 rings (SSSR count). The SMILES string of the molecule is CC(=O)NC1[C@H](O[C@H]2C(OP(=O)(O)OC[C@@H](OC/C=C(/C)CC/C=C(\C)CCC=C(C)C)C(=O)O)OC(C(N)=O)C(O)[C@@H]2OC(N)=O)OC(CO)[C@H](O)[C@@H]1O. The molecule has 6 unspecified atom stereocenters. The number of carboxylic acids is 1. The Morgan fingerprint density at radius 2 is 1.49 bits per heavy atom. The van der Waals surface area contributed by atoms with Crippen LogP contribution in [-0.2, 0) is 51.7 Å². The quantitative estimate of drug-likeness (QED) is 0.0515. The summed E-state index contributed by atoms with van der Waals surface area (Å²) in [4.78, 5) is 58.5. The number of carboxylic acid groups (broad SMARTS) is 1. The van der Waals surface area contributed by atoms with Crippen molar-refractivity contribution in [3.63, 3.8) is 0 Å². The molecule has 2 saturated heterocycles. The number of nitrogens with one attached hydrogen (secondary N) is 1. The van der Waals surface area contributed by atoms with Crippen molar-refractivity contribution < 1.29 is 86.9 Å². The smallest absolute Gasteiger partial charge is 0.474 e. The van der Waals surface area contributed by atoms with Crippen LogP contribution in [0.1, 0.15) is 60.3 Å². The second kappa shape index (κ2) is 22.4. The summed E-state index contributed by atoms with van der Waals surface area (Å²) < 4.78 is 50.0. The predicted octanol–water partition coefficient (Wildman–Crippen LogP) is -0.627. The van der Waals surface area contributed by atoms with Crippen molar-refractivity contribution in [1.29, 1.82) is 0 Å². The molecule has 314 valence electrons. The van der Waals surface area contributed by atoms with Gasteiger partial charge in [0.25, 0.3) is 0 Å². The van der Waals surface area contributed by atoms with Crippen LogP contribution < -0.4 is 16.8 Å². The summed E-state index contributed by atoms with van der Waals surface area (Å²) in [5.41, 5.74) is 13.8. The predicted molar refractivity (Wildman–Crippen MR) is 188 cm³/mol. The number of allylic oxidation sites excluding steroid dienone is 5. The molecular formula is C33H54N3O18P. The van der Waals surface area contributed by atoms with E-state index in [-0.39, 0.29) is 6.61 Å². The molecule has 11 N–H and O–H groups in total. The van der Waals surface area contributed by atoms with E-state index in [4.69, 9.17) is 44.2 Å². The van der Waals surface area contributed by atoms with Crippen LogP contribution in [0.5, 0.6) is 0 Å². The lowest BCUT2D eigenvalue weighted by atomic mass is 9.95. The minimum atomic E-state index is -5.47. The zero-order valence-electron chi connectivity index (χ0n) is 31.2. The number of phosphoric acid groups is 1. The first-order valence-electron chi connectivity index (χ1n) is 17.3. The number of nitrogens with two attached hydrogens (primary N) is 2. The minimum Gasteiger partial charge on any atom is -0.479 e. The van der Waals surface area contributed by atoms with Crippen molar-refractivity contribution in [3.8, 4) is 0 Å². The number of carbonyl (C=O) groups excluding carboxylic acids is 3. The molecule has 0 aromatic rings. The molecule has 12 atom stereocenters. The largest absolute Gasteiger partial charge is 0.479 e. The Morgan fingerprint density at radius 3 is 2.04 bits per heavy atom. The van der Waals surface area contributed by atoms with E-state index in [0.717, 1.165) is 31.8 Å². The summed E-state index contributed by atoms with van der Waals surface area (Å²) in [5.74, 6) is -3.73. The highest BCUT2D eigenvalue weighted by molar-refractivity contribution is 7.47. The number of amides is 3. The lowest BCUT2D eigenvalue weighted by Crippen LogP contribution is -2.68. The van der Waals surface area contributed by atoms with Gasteiger partial charge in [-0.15, -0.1) is 0 Å². The van der Waals surface area contributed by atoms with Gasteiger partial charge in [0.2, 0.25) is 11.8 Å². The molecule has 0 aliphatic carbocycles. The molecule has 0 radical (unpaired) electrons. The number of carbonyl (C=O) groups is 4. The Hall–Kier alpha value is -3.31. The zero-order valence-corrected chi connectivity index (χ0v) is 32.1. The van der Waals surface area contributed by atoms with Gasteiger partial charge in [-0.05, 0) is 53.4 Å². The van der Waals surface area contributed by atoms with Crippen molar-refractivity contribution in [1.82, 2.24) is 5.32 Å². The van der Waals surface area contributed by atoms with Crippen LogP contribution in [0.2, 0.25) is 0 Å². The Bertz CT molecular complexity index is 1450. The summed E-state index contributed by atoms with van der Waals surface area (Å²) in [7, 11) is -5.47. The Balaban J connectivity index is 2.25. The molecule has 0 bridgehead atoms. The van der Waals surface area contributed by atoms with E-state index in [9.17, 15) is 54.2 Å². The molecule has 2 aliphatic rings. The molecule has 0 aromatic heterocycles. The second-order valence-corrected chi connectivity index (χ2v) is 14.6. The van der Waals surface area contributed by atoms with Gasteiger partial charge >= 0.3 is 19.9 Å². The highest BCUT2D eigenvalue weighted by Gasteiger charge is 2.56. The molecule has 55 heavy (non-hydrogen) atoms. The highest BCUT2D eigenvalue weighted by atomic mass is 31.2. The number of aliphatic carboxylic acids is 1. The fourth-order valence-corrected chi connectivity index (χ4v) is 6.27. The number of phosphoric ester groups is 1. The number of rotatable bonds is 21. The van der Waals surface area contributed by atoms with Crippen molar-refractivity contribution in [2.24, 2.45) is 11.5 Å². The van der Waals surface area contributed by atoms with Gasteiger partial charge in [-0.2, -0.15) is 0 Å². The van der Waals surface area contributed by atoms with E-state index in [2.05, 4.69) is 17.5 Å². The van der Waals surface area contributed by atoms with E-state index >= 15 is 0 Å². The summed E-state index contributed by atoms with van der Waals surface area (Å²) >= 11 is 0. The Labute approximate surface area is 317 Å². The minimum absolute atomic E-state index is 0.204. The van der Waals surface area contributed by atoms with Gasteiger partial charge in [0.05, 0.1) is 19.8 Å². The first-order valence-corrected chi connectivity index (χ1v) is 18.8. The highest BCUT2D eigenvalue weighted by Crippen LogP contribution is 2.47. The molecule has 21 nitrogen and oxygen atoms in total. The normalized spacial score (nSPS) is 30.4. The first kappa shape index (κ1) is 47.8. The molecule has 2 aliphatic heterocycles. The van der Waals surface area contributed by atoms with Crippen LogP contribution >= 0.6 is 7.82 Å². The molecule has 2 heterocycles. The summed E-state index contributed by atoms with van der Waals surface area (Å²) in [6.07, 6.45) is -12.2. The topological polar surface area (TPSA) is 335 Å². The fourth-order valence-electron chi connectivity index (χ4n) is 5.46. The maximum absolute atomic E-state index is 13.2. The Kier molecular flexibility index (Phi) is 19.5. The third-order valence-electron chi connectivity index (χ3n) is 8.35. The molecular weight excluding hydrogens is 757 g/mol. The number of primary amides is 2. The van der Waals surface area contributed by atoms with Crippen LogP contribution in [0.4, 0.5) is 4.79 Å². The van der Waals surface area contributed by atoms with Gasteiger partial charge in [-0.1, -0.05) is 34.9 Å². The van der Waals surface area contributed by atoms with E-state index in [1.807, 2.05) is 27.7 Å². The molecule has 0 saturated carbocycles. The van der Waals surface area contributed by atoms with Crippen LogP contribution in [0, 0.1) is 0 Å². The molecule has 3 amide bonds. The fraction of sp³-hybridized carbons (Fsp3) is 0.697. The average Bonchev–Trinajstić information content (AvgIpc) is 3.07. The van der Waals surface area contributed by atoms with Crippen LogP contribution in [0.15, 0.2) is 34.9 Å². The standard InChI is InChI=1S/C33H54N3O18P/c1-16(2)8-6-9-17(3)10-7-11-18(4)12-13-48-21(30(43)44)15-49-55(46,47)54-32-28(26(53-33(35)45)25(41)27(51-32)29(34)42)52-31-22(36-19(5)38)24(40)23(39)20(14-37)50-31/h8,10,12,20-28,31-32,37,39-41H,6-7,9,11,13-15H2,1-5H3,(H2,34,42)(H2,35,45)(H,36,38)(H,43,44)(H,46,47)/b17-10+,18-12-/t20?,21-,22?,23+,24-,25?,26+,27?,28-,31+,32?/m1/s1. The first-order chi connectivity index (χ1) is 25.7. The van der Waals surface area contributed by atoms with Gasteiger partial charge in [-0.25, -0.2) is 14.2 Å². The van der Waals surface area contributed by atoms with E-state index in [0.29, 0.717) is 6.42 Å². The maximum Gasteiger partial charge on any atom is 0.474 e. The van der Waals surface area contributed by atoms with Gasteiger partial charge in [0, 0.05) is 6.92 Å². The number of aliphatic hydroxyl groups is 4. The lowest BCUT2D eigenvalue weighted by Gasteiger charge is -2.47. The molecule has 2 fully saturated rings. The Morgan fingerprint density at radius 1 is 0.873 bits per heavy atom.